The van der Waals surface area contributed by atoms with Gasteiger partial charge in [0.1, 0.15) is 17.3 Å². The van der Waals surface area contributed by atoms with Gasteiger partial charge in [0, 0.05) is 19.6 Å². The van der Waals surface area contributed by atoms with Crippen molar-refractivity contribution in [1.29, 1.82) is 0 Å². The third-order valence-electron chi connectivity index (χ3n) is 5.98. The zero-order valence-corrected chi connectivity index (χ0v) is 20.4. The van der Waals surface area contributed by atoms with E-state index in [1.165, 1.54) is 4.31 Å². The molecule has 2 heterocycles. The Kier molecular flexibility index (Phi) is 7.47. The van der Waals surface area contributed by atoms with Gasteiger partial charge in [0.15, 0.2) is 0 Å². The summed E-state index contributed by atoms with van der Waals surface area (Å²) in [5.74, 6) is 0.487. The highest BCUT2D eigenvalue weighted by Gasteiger charge is 2.37. The quantitative estimate of drug-likeness (QED) is 0.499. The highest BCUT2D eigenvalue weighted by molar-refractivity contribution is 7.89. The Bertz CT molecular complexity index is 1240. The van der Waals surface area contributed by atoms with E-state index in [4.69, 9.17) is 4.74 Å². The average molecular weight is 486 g/mol. The number of nitrogens with zero attached hydrogens (tertiary/aromatic N) is 4. The number of aromatic nitrogens is 3. The topological polar surface area (TPSA) is 106 Å². The molecule has 0 unspecified atom stereocenters. The third kappa shape index (κ3) is 5.07. The zero-order valence-electron chi connectivity index (χ0n) is 19.6. The molecule has 1 aliphatic rings. The first kappa shape index (κ1) is 24.2. The second-order valence-corrected chi connectivity index (χ2v) is 10.3. The van der Waals surface area contributed by atoms with Gasteiger partial charge < -0.3 is 10.1 Å². The van der Waals surface area contributed by atoms with Crippen molar-refractivity contribution in [2.75, 3.05) is 13.2 Å². The van der Waals surface area contributed by atoms with E-state index in [9.17, 15) is 13.2 Å². The summed E-state index contributed by atoms with van der Waals surface area (Å²) >= 11 is 0. The van der Waals surface area contributed by atoms with Crippen LogP contribution in [0, 0.1) is 0 Å². The summed E-state index contributed by atoms with van der Waals surface area (Å²) < 4.78 is 35.6. The number of carbonyl (C=O) groups is 1. The first-order valence-electron chi connectivity index (χ1n) is 11.8. The van der Waals surface area contributed by atoms with Crippen molar-refractivity contribution in [2.45, 2.75) is 63.6 Å². The Morgan fingerprint density at radius 1 is 1.15 bits per heavy atom. The van der Waals surface area contributed by atoms with E-state index in [-0.39, 0.29) is 10.8 Å². The van der Waals surface area contributed by atoms with Gasteiger partial charge >= 0.3 is 0 Å². The lowest BCUT2D eigenvalue weighted by Gasteiger charge is -2.33. The lowest BCUT2D eigenvalue weighted by molar-refractivity contribution is -0.125. The van der Waals surface area contributed by atoms with Crippen LogP contribution in [0.5, 0.6) is 5.75 Å². The molecule has 1 saturated heterocycles. The molecule has 3 aromatic rings. The third-order valence-corrected chi connectivity index (χ3v) is 7.89. The minimum absolute atomic E-state index is 0.134. The van der Waals surface area contributed by atoms with Crippen molar-refractivity contribution in [3.05, 3.63) is 48.0 Å². The van der Waals surface area contributed by atoms with E-state index < -0.39 is 16.1 Å². The smallest absolute Gasteiger partial charge is 0.243 e. The monoisotopic (exact) mass is 485 g/mol. The Hall–Kier alpha value is -2.98. The minimum atomic E-state index is -3.87. The van der Waals surface area contributed by atoms with Crippen molar-refractivity contribution < 1.29 is 17.9 Å². The summed E-state index contributed by atoms with van der Waals surface area (Å²) in [7, 11) is -3.87. The van der Waals surface area contributed by atoms with Crippen LogP contribution in [-0.2, 0) is 27.9 Å². The van der Waals surface area contributed by atoms with Gasteiger partial charge in [-0.3, -0.25) is 4.79 Å². The number of aryl methyl sites for hydroxylation is 1. The van der Waals surface area contributed by atoms with Crippen LogP contribution in [0.15, 0.2) is 47.4 Å². The Morgan fingerprint density at radius 3 is 2.68 bits per heavy atom. The van der Waals surface area contributed by atoms with E-state index >= 15 is 0 Å². The predicted molar refractivity (Wildman–Crippen MR) is 129 cm³/mol. The van der Waals surface area contributed by atoms with Gasteiger partial charge in [0.25, 0.3) is 0 Å². The van der Waals surface area contributed by atoms with Crippen molar-refractivity contribution in [3.63, 3.8) is 0 Å². The molecule has 0 saturated carbocycles. The number of piperidine rings is 1. The molecule has 0 radical (unpaired) electrons. The molecule has 4 rings (SSSR count). The lowest BCUT2D eigenvalue weighted by atomic mass is 10.0. The Labute approximate surface area is 200 Å². The second kappa shape index (κ2) is 10.5. The van der Waals surface area contributed by atoms with Crippen LogP contribution in [0.1, 0.15) is 45.1 Å². The molecule has 2 aromatic carbocycles. The van der Waals surface area contributed by atoms with E-state index in [1.807, 2.05) is 38.1 Å². The number of carbonyl (C=O) groups excluding carboxylic acids is 1. The number of rotatable bonds is 9. The first-order valence-corrected chi connectivity index (χ1v) is 13.2. The molecule has 34 heavy (non-hydrogen) atoms. The number of hydrogen-bond acceptors (Lipinski definition) is 6. The molecule has 0 spiro atoms. The molecule has 182 valence electrons. The van der Waals surface area contributed by atoms with E-state index in [2.05, 4.69) is 15.6 Å². The summed E-state index contributed by atoms with van der Waals surface area (Å²) in [6.07, 6.45) is 2.91. The van der Waals surface area contributed by atoms with Gasteiger partial charge in [-0.15, -0.1) is 5.10 Å². The molecule has 9 nitrogen and oxygen atoms in total. The molecule has 1 aliphatic heterocycles. The maximum Gasteiger partial charge on any atom is 0.243 e. The van der Waals surface area contributed by atoms with E-state index in [0.29, 0.717) is 38.2 Å². The predicted octanol–water partition coefficient (Wildman–Crippen LogP) is 3.10. The van der Waals surface area contributed by atoms with E-state index in [1.54, 1.807) is 22.9 Å². The maximum absolute atomic E-state index is 13.5. The van der Waals surface area contributed by atoms with Crippen molar-refractivity contribution in [1.82, 2.24) is 24.6 Å². The summed E-state index contributed by atoms with van der Waals surface area (Å²) in [6, 6.07) is 11.6. The van der Waals surface area contributed by atoms with Gasteiger partial charge in [-0.1, -0.05) is 30.7 Å². The molecule has 1 amide bonds. The van der Waals surface area contributed by atoms with Gasteiger partial charge in [-0.05, 0) is 62.1 Å². The Morgan fingerprint density at radius 2 is 1.94 bits per heavy atom. The largest absolute Gasteiger partial charge is 0.494 e. The summed E-state index contributed by atoms with van der Waals surface area (Å²) in [4.78, 5) is 13.2. The molecule has 0 aliphatic carbocycles. The van der Waals surface area contributed by atoms with Gasteiger partial charge in [-0.25, -0.2) is 13.1 Å². The normalized spacial score (nSPS) is 17.1. The second-order valence-electron chi connectivity index (χ2n) is 8.39. The summed E-state index contributed by atoms with van der Waals surface area (Å²) in [5.41, 5.74) is 2.25. The number of ether oxygens (including phenoxy) is 1. The van der Waals surface area contributed by atoms with Gasteiger partial charge in [0.05, 0.1) is 17.0 Å². The molecule has 10 heteroatoms. The standard InChI is InChI=1S/C24H31N5O4S/c1-3-14-28-22-13-12-20(16-21(22)26-27-28)34(31,32)29-15-6-5-7-23(29)24(30)25-17-18-8-10-19(11-9-18)33-4-2/h8-13,16,23H,3-7,14-15,17H2,1-2H3,(H,25,30)/t23-/m1/s1. The highest BCUT2D eigenvalue weighted by atomic mass is 32.2. The first-order chi connectivity index (χ1) is 16.4. The van der Waals surface area contributed by atoms with Crippen LogP contribution >= 0.6 is 0 Å². The van der Waals surface area contributed by atoms with Gasteiger partial charge in [-0.2, -0.15) is 4.31 Å². The molecule has 0 bridgehead atoms. The summed E-state index contributed by atoms with van der Waals surface area (Å²) in [6.45, 7) is 5.90. The van der Waals surface area contributed by atoms with Crippen LogP contribution in [-0.4, -0.2) is 52.8 Å². The molecule has 1 N–H and O–H groups in total. The zero-order chi connectivity index (χ0) is 24.1. The fourth-order valence-electron chi connectivity index (χ4n) is 4.26. The van der Waals surface area contributed by atoms with Crippen LogP contribution in [0.2, 0.25) is 0 Å². The van der Waals surface area contributed by atoms with Crippen LogP contribution in [0.3, 0.4) is 0 Å². The SMILES string of the molecule is CCCn1nnc2cc(S(=O)(=O)N3CCCC[C@@H]3C(=O)NCc3ccc(OCC)cc3)ccc21. The molecule has 1 atom stereocenters. The number of amides is 1. The molecular formula is C24H31N5O4S. The highest BCUT2D eigenvalue weighted by Crippen LogP contribution is 2.27. The Balaban J connectivity index is 1.50. The van der Waals surface area contributed by atoms with Crippen LogP contribution in [0.4, 0.5) is 0 Å². The fourth-order valence-corrected chi connectivity index (χ4v) is 5.93. The van der Waals surface area contributed by atoms with E-state index in [0.717, 1.165) is 36.1 Å². The number of fused-ring (bicyclic) bond motifs is 1. The van der Waals surface area contributed by atoms with Crippen molar-refractivity contribution >= 4 is 27.0 Å². The maximum atomic E-state index is 13.5. The van der Waals surface area contributed by atoms with Gasteiger partial charge in [0.2, 0.25) is 15.9 Å². The summed E-state index contributed by atoms with van der Waals surface area (Å²) in [5, 5.41) is 11.2. The lowest BCUT2D eigenvalue weighted by Crippen LogP contribution is -2.51. The van der Waals surface area contributed by atoms with Crippen LogP contribution in [0.25, 0.3) is 11.0 Å². The number of nitrogens with one attached hydrogen (secondary N) is 1. The average Bonchev–Trinajstić information content (AvgIpc) is 3.26. The molecule has 1 fully saturated rings. The minimum Gasteiger partial charge on any atom is -0.494 e. The number of sulfonamides is 1. The molecular weight excluding hydrogens is 454 g/mol. The fraction of sp³-hybridized carbons (Fsp3) is 0.458. The van der Waals surface area contributed by atoms with Crippen molar-refractivity contribution in [2.24, 2.45) is 0 Å². The molecule has 1 aromatic heterocycles. The van der Waals surface area contributed by atoms with Crippen LogP contribution < -0.4 is 10.1 Å². The number of benzene rings is 2. The number of hydrogen-bond donors (Lipinski definition) is 1. The van der Waals surface area contributed by atoms with Crippen molar-refractivity contribution in [3.8, 4) is 5.75 Å².